The standard InChI is InChI=1S/C20H12O5.ClH/c21-11-5-7-15-17(9-11)24-18-10-12(22)6-8-16(18)20(15)14-4-2-1-3-13(14)19(23)25-20;/h1-10,21-22H;1H. The van der Waals surface area contributed by atoms with Crippen molar-refractivity contribution in [1.29, 1.82) is 0 Å². The minimum Gasteiger partial charge on any atom is -0.508 e. The van der Waals surface area contributed by atoms with Crippen molar-refractivity contribution in [3.63, 3.8) is 0 Å². The first-order valence-electron chi connectivity index (χ1n) is 7.77. The summed E-state index contributed by atoms with van der Waals surface area (Å²) in [6.07, 6.45) is 0. The number of rotatable bonds is 0. The number of hydrogen-bond acceptors (Lipinski definition) is 5. The number of ether oxygens (including phenoxy) is 2. The summed E-state index contributed by atoms with van der Waals surface area (Å²) < 4.78 is 11.8. The van der Waals surface area contributed by atoms with Crippen molar-refractivity contribution >= 4 is 18.4 Å². The molecule has 2 aliphatic heterocycles. The Morgan fingerprint density at radius 1 is 0.769 bits per heavy atom. The van der Waals surface area contributed by atoms with Crippen molar-refractivity contribution in [2.24, 2.45) is 0 Å². The number of hydrogen-bond donors (Lipinski definition) is 2. The average Bonchev–Trinajstić information content (AvgIpc) is 2.88. The molecule has 0 unspecified atom stereocenters. The predicted molar refractivity (Wildman–Crippen MR) is 95.3 cm³/mol. The van der Waals surface area contributed by atoms with Gasteiger partial charge in [0.15, 0.2) is 5.60 Å². The van der Waals surface area contributed by atoms with Crippen LogP contribution in [0.5, 0.6) is 23.0 Å². The van der Waals surface area contributed by atoms with Crippen molar-refractivity contribution in [1.82, 2.24) is 0 Å². The number of esters is 1. The molecule has 0 atom stereocenters. The van der Waals surface area contributed by atoms with Gasteiger partial charge in [0.2, 0.25) is 0 Å². The summed E-state index contributed by atoms with van der Waals surface area (Å²) in [7, 11) is 0. The second-order valence-corrected chi connectivity index (χ2v) is 6.08. The molecule has 5 rings (SSSR count). The number of carbonyl (C=O) groups is 1. The van der Waals surface area contributed by atoms with Crippen LogP contribution in [0.25, 0.3) is 0 Å². The zero-order valence-corrected chi connectivity index (χ0v) is 14.1. The van der Waals surface area contributed by atoms with Gasteiger partial charge in [0.1, 0.15) is 23.0 Å². The first kappa shape index (κ1) is 16.3. The predicted octanol–water partition coefficient (Wildman–Crippen LogP) is 4.09. The van der Waals surface area contributed by atoms with Crippen LogP contribution in [-0.4, -0.2) is 16.2 Å². The van der Waals surface area contributed by atoms with Crippen LogP contribution < -0.4 is 4.74 Å². The molecule has 0 aromatic heterocycles. The van der Waals surface area contributed by atoms with E-state index in [0.717, 1.165) is 0 Å². The largest absolute Gasteiger partial charge is 0.508 e. The third kappa shape index (κ3) is 1.95. The second-order valence-electron chi connectivity index (χ2n) is 6.08. The van der Waals surface area contributed by atoms with E-state index in [1.54, 1.807) is 24.3 Å². The van der Waals surface area contributed by atoms with Crippen LogP contribution in [0, 0.1) is 0 Å². The highest BCUT2D eigenvalue weighted by molar-refractivity contribution is 5.97. The number of benzene rings is 3. The molecular weight excluding hydrogens is 356 g/mol. The molecule has 6 heteroatoms. The fourth-order valence-electron chi connectivity index (χ4n) is 3.65. The van der Waals surface area contributed by atoms with Gasteiger partial charge in [0, 0.05) is 28.8 Å². The van der Waals surface area contributed by atoms with Gasteiger partial charge in [-0.05, 0) is 30.3 Å². The molecule has 0 saturated heterocycles. The van der Waals surface area contributed by atoms with Crippen LogP contribution in [0.2, 0.25) is 0 Å². The van der Waals surface area contributed by atoms with E-state index in [0.29, 0.717) is 33.8 Å². The van der Waals surface area contributed by atoms with Crippen LogP contribution >= 0.6 is 12.4 Å². The number of carbonyl (C=O) groups excluding carboxylic acids is 1. The summed E-state index contributed by atoms with van der Waals surface area (Å²) in [5, 5.41) is 19.7. The molecule has 0 saturated carbocycles. The summed E-state index contributed by atoms with van der Waals surface area (Å²) in [4.78, 5) is 12.5. The lowest BCUT2D eigenvalue weighted by molar-refractivity contribution is 0.0224. The molecule has 5 nitrogen and oxygen atoms in total. The zero-order chi connectivity index (χ0) is 17.2. The van der Waals surface area contributed by atoms with Gasteiger partial charge >= 0.3 is 5.97 Å². The molecule has 3 aromatic carbocycles. The van der Waals surface area contributed by atoms with Gasteiger partial charge in [-0.3, -0.25) is 0 Å². The van der Waals surface area contributed by atoms with Crippen LogP contribution in [0.1, 0.15) is 27.0 Å². The van der Waals surface area contributed by atoms with Gasteiger partial charge in [-0.1, -0.05) is 18.2 Å². The minimum atomic E-state index is -1.17. The highest BCUT2D eigenvalue weighted by Gasteiger charge is 2.53. The van der Waals surface area contributed by atoms with E-state index in [-0.39, 0.29) is 23.9 Å². The van der Waals surface area contributed by atoms with Crippen molar-refractivity contribution in [2.45, 2.75) is 5.60 Å². The number of aromatic hydroxyl groups is 2. The molecule has 2 aliphatic rings. The first-order chi connectivity index (χ1) is 12.1. The van der Waals surface area contributed by atoms with E-state index in [1.807, 2.05) is 12.1 Å². The molecule has 0 amide bonds. The zero-order valence-electron chi connectivity index (χ0n) is 13.3. The Balaban J connectivity index is 0.00000168. The number of fused-ring (bicyclic) bond motifs is 6. The van der Waals surface area contributed by atoms with Crippen molar-refractivity contribution in [3.05, 3.63) is 82.9 Å². The maximum Gasteiger partial charge on any atom is 0.340 e. The third-order valence-corrected chi connectivity index (χ3v) is 4.68. The summed E-state index contributed by atoms with van der Waals surface area (Å²) in [6, 6.07) is 16.6. The second kappa shape index (κ2) is 5.41. The Morgan fingerprint density at radius 3 is 1.96 bits per heavy atom. The molecule has 3 aromatic rings. The molecular formula is C20H13ClO5. The minimum absolute atomic E-state index is 0. The van der Waals surface area contributed by atoms with Crippen LogP contribution in [0.4, 0.5) is 0 Å². The van der Waals surface area contributed by atoms with Crippen molar-refractivity contribution in [3.8, 4) is 23.0 Å². The fourth-order valence-corrected chi connectivity index (χ4v) is 3.65. The average molecular weight is 369 g/mol. The molecule has 2 N–H and O–H groups in total. The molecule has 130 valence electrons. The number of phenolic OH excluding ortho intramolecular Hbond substituents is 2. The normalized spacial score (nSPS) is 15.2. The van der Waals surface area contributed by atoms with Crippen LogP contribution in [0.3, 0.4) is 0 Å². The lowest BCUT2D eigenvalue weighted by Gasteiger charge is -2.36. The van der Waals surface area contributed by atoms with Gasteiger partial charge in [-0.25, -0.2) is 4.79 Å². The molecule has 0 aliphatic carbocycles. The van der Waals surface area contributed by atoms with E-state index in [4.69, 9.17) is 9.47 Å². The molecule has 0 fully saturated rings. The maximum absolute atomic E-state index is 12.5. The molecule has 26 heavy (non-hydrogen) atoms. The molecule has 2 heterocycles. The van der Waals surface area contributed by atoms with E-state index in [2.05, 4.69) is 0 Å². The Morgan fingerprint density at radius 2 is 1.35 bits per heavy atom. The summed E-state index contributed by atoms with van der Waals surface area (Å²) in [6.45, 7) is 0. The summed E-state index contributed by atoms with van der Waals surface area (Å²) >= 11 is 0. The van der Waals surface area contributed by atoms with Crippen molar-refractivity contribution in [2.75, 3.05) is 0 Å². The SMILES string of the molecule is Cl.O=C1OC2(c3ccc(O)cc3Oc3cc(O)ccc32)c2ccccc21. The van der Waals surface area contributed by atoms with Crippen LogP contribution in [-0.2, 0) is 10.3 Å². The van der Waals surface area contributed by atoms with E-state index in [1.165, 1.54) is 24.3 Å². The smallest absolute Gasteiger partial charge is 0.340 e. The monoisotopic (exact) mass is 368 g/mol. The Bertz CT molecular complexity index is 1010. The Kier molecular flexibility index (Phi) is 3.39. The molecule has 1 spiro atoms. The Labute approximate surface area is 154 Å². The van der Waals surface area contributed by atoms with Gasteiger partial charge in [-0.15, -0.1) is 12.4 Å². The highest BCUT2D eigenvalue weighted by atomic mass is 35.5. The number of phenols is 2. The highest BCUT2D eigenvalue weighted by Crippen LogP contribution is 2.56. The lowest BCUT2D eigenvalue weighted by Crippen LogP contribution is -2.32. The maximum atomic E-state index is 12.5. The number of halogens is 1. The van der Waals surface area contributed by atoms with E-state index in [9.17, 15) is 15.0 Å². The first-order valence-corrected chi connectivity index (χ1v) is 7.77. The summed E-state index contributed by atoms with van der Waals surface area (Å²) in [5.74, 6) is 0.408. The fraction of sp³-hybridized carbons (Fsp3) is 0.0500. The summed E-state index contributed by atoms with van der Waals surface area (Å²) in [5.41, 5.74) is 1.28. The molecule has 0 bridgehead atoms. The van der Waals surface area contributed by atoms with E-state index < -0.39 is 11.6 Å². The third-order valence-electron chi connectivity index (χ3n) is 4.68. The van der Waals surface area contributed by atoms with Gasteiger partial charge in [0.05, 0.1) is 5.56 Å². The van der Waals surface area contributed by atoms with E-state index >= 15 is 0 Å². The van der Waals surface area contributed by atoms with Crippen molar-refractivity contribution < 1.29 is 24.5 Å². The lowest BCUT2D eigenvalue weighted by atomic mass is 9.77. The topological polar surface area (TPSA) is 76.0 Å². The van der Waals surface area contributed by atoms with Gasteiger partial charge in [-0.2, -0.15) is 0 Å². The molecule has 0 radical (unpaired) electrons. The van der Waals surface area contributed by atoms with Gasteiger partial charge in [0.25, 0.3) is 0 Å². The van der Waals surface area contributed by atoms with Gasteiger partial charge < -0.3 is 19.7 Å². The van der Waals surface area contributed by atoms with Crippen LogP contribution in [0.15, 0.2) is 60.7 Å². The Hall–Kier alpha value is -3.18. The quantitative estimate of drug-likeness (QED) is 0.584.